The summed E-state index contributed by atoms with van der Waals surface area (Å²) in [4.78, 5) is 0. The average Bonchev–Trinajstić information content (AvgIpc) is 2.69. The molecule has 0 aromatic heterocycles. The summed E-state index contributed by atoms with van der Waals surface area (Å²) >= 11 is 11.3. The first-order chi connectivity index (χ1) is 15.2. The third-order valence-corrected chi connectivity index (χ3v) is 4.78. The van der Waals surface area contributed by atoms with Crippen LogP contribution < -0.4 is 9.47 Å². The zero-order chi connectivity index (χ0) is 23.9. The van der Waals surface area contributed by atoms with Crippen LogP contribution in [0.25, 0.3) is 0 Å². The molecule has 0 N–H and O–H groups in total. The molecule has 0 saturated carbocycles. The van der Waals surface area contributed by atoms with Crippen molar-refractivity contribution in [1.29, 1.82) is 0 Å². The van der Waals surface area contributed by atoms with Crippen molar-refractivity contribution in [3.05, 3.63) is 33.8 Å². The quantitative estimate of drug-likeness (QED) is 0.174. The predicted molar refractivity (Wildman–Crippen MR) is 132 cm³/mol. The molecular weight excluding hydrogens is 451 g/mol. The van der Waals surface area contributed by atoms with Gasteiger partial charge in [-0.1, -0.05) is 30.1 Å². The Hall–Kier alpha value is -0.980. The number of ether oxygens (including phenoxy) is 5. The number of rotatable bonds is 17. The summed E-state index contributed by atoms with van der Waals surface area (Å²) in [6.07, 6.45) is 5.37. The first-order valence-electron chi connectivity index (χ1n) is 11.5. The molecule has 0 unspecified atom stereocenters. The van der Waals surface area contributed by atoms with E-state index in [4.69, 9.17) is 46.9 Å². The fourth-order valence-electron chi connectivity index (χ4n) is 3.12. The maximum Gasteiger partial charge on any atom is 0.181 e. The van der Waals surface area contributed by atoms with Crippen LogP contribution in [0, 0.1) is 6.92 Å². The first-order valence-corrected chi connectivity index (χ1v) is 12.3. The molecule has 0 atom stereocenters. The van der Waals surface area contributed by atoms with Crippen LogP contribution in [-0.4, -0.2) is 44.9 Å². The lowest BCUT2D eigenvalue weighted by molar-refractivity contribution is -0.204. The fourth-order valence-corrected chi connectivity index (χ4v) is 3.25. The lowest BCUT2D eigenvalue weighted by Gasteiger charge is -2.22. The molecule has 0 saturated heterocycles. The Morgan fingerprint density at radius 2 is 1.59 bits per heavy atom. The van der Waals surface area contributed by atoms with Crippen molar-refractivity contribution in [3.8, 4) is 11.5 Å². The predicted octanol–water partition coefficient (Wildman–Crippen LogP) is 7.00. The Morgan fingerprint density at radius 1 is 0.938 bits per heavy atom. The average molecular weight is 491 g/mol. The molecule has 1 aromatic rings. The second-order valence-corrected chi connectivity index (χ2v) is 9.18. The van der Waals surface area contributed by atoms with Crippen LogP contribution in [0.15, 0.2) is 22.7 Å². The van der Waals surface area contributed by atoms with E-state index in [0.29, 0.717) is 26.4 Å². The molecule has 0 bridgehead atoms. The van der Waals surface area contributed by atoms with Crippen LogP contribution in [0.1, 0.15) is 65.0 Å². The molecule has 0 spiro atoms. The Bertz CT molecular complexity index is 663. The van der Waals surface area contributed by atoms with Crippen molar-refractivity contribution >= 4 is 23.2 Å². The van der Waals surface area contributed by atoms with Gasteiger partial charge in [-0.3, -0.25) is 0 Å². The summed E-state index contributed by atoms with van der Waals surface area (Å²) < 4.78 is 29.2. The summed E-state index contributed by atoms with van der Waals surface area (Å²) in [5, 5.41) is 0. The van der Waals surface area contributed by atoms with Crippen LogP contribution in [0.4, 0.5) is 0 Å². The zero-order valence-corrected chi connectivity index (χ0v) is 21.9. The van der Waals surface area contributed by atoms with Gasteiger partial charge in [-0.15, -0.1) is 0 Å². The van der Waals surface area contributed by atoms with E-state index in [1.54, 1.807) is 6.08 Å². The number of halogens is 2. The van der Waals surface area contributed by atoms with Gasteiger partial charge >= 0.3 is 0 Å². The van der Waals surface area contributed by atoms with Gasteiger partial charge in [-0.25, -0.2) is 0 Å². The molecule has 184 valence electrons. The van der Waals surface area contributed by atoms with E-state index in [0.717, 1.165) is 48.3 Å². The highest BCUT2D eigenvalue weighted by Gasteiger charge is 2.14. The third-order valence-electron chi connectivity index (χ3n) is 4.47. The molecule has 0 aliphatic rings. The normalized spacial score (nSPS) is 11.5. The smallest absolute Gasteiger partial charge is 0.181 e. The van der Waals surface area contributed by atoms with Crippen molar-refractivity contribution < 1.29 is 23.7 Å². The lowest BCUT2D eigenvalue weighted by Crippen LogP contribution is -2.29. The van der Waals surface area contributed by atoms with E-state index in [2.05, 4.69) is 6.92 Å². The van der Waals surface area contributed by atoms with E-state index < -0.39 is 0 Å². The van der Waals surface area contributed by atoms with Crippen molar-refractivity contribution in [2.75, 3.05) is 26.4 Å². The van der Waals surface area contributed by atoms with Crippen LogP contribution in [0.2, 0.25) is 0 Å². The Balaban J connectivity index is 2.34. The number of hydrogen-bond acceptors (Lipinski definition) is 5. The number of benzene rings is 1. The zero-order valence-electron chi connectivity index (χ0n) is 20.4. The van der Waals surface area contributed by atoms with Gasteiger partial charge in [-0.05, 0) is 89.6 Å². The first kappa shape index (κ1) is 29.1. The molecule has 32 heavy (non-hydrogen) atoms. The van der Waals surface area contributed by atoms with Gasteiger partial charge in [0.25, 0.3) is 0 Å². The maximum absolute atomic E-state index is 6.10. The van der Waals surface area contributed by atoms with Crippen molar-refractivity contribution in [3.63, 3.8) is 0 Å². The van der Waals surface area contributed by atoms with E-state index in [1.165, 1.54) is 0 Å². The SMILES string of the molecule is CCc1cc(OCC=C(Cl)Cl)cc(C)c1OCCCCCOCC(OC(C)C)OC(C)C. The third kappa shape index (κ3) is 12.9. The molecule has 0 aliphatic carbocycles. The molecule has 0 radical (unpaired) electrons. The molecule has 0 aliphatic heterocycles. The number of aryl methyl sites for hydroxylation is 2. The summed E-state index contributed by atoms with van der Waals surface area (Å²) in [5.41, 5.74) is 2.19. The second-order valence-electron chi connectivity index (χ2n) is 8.17. The minimum absolute atomic E-state index is 0.109. The summed E-state index contributed by atoms with van der Waals surface area (Å²) in [6.45, 7) is 14.3. The van der Waals surface area contributed by atoms with E-state index in [-0.39, 0.29) is 23.0 Å². The molecule has 0 heterocycles. The van der Waals surface area contributed by atoms with Crippen molar-refractivity contribution in [2.45, 2.75) is 85.7 Å². The number of hydrogen-bond donors (Lipinski definition) is 0. The molecular formula is C25H40Cl2O5. The van der Waals surface area contributed by atoms with Gasteiger partial charge < -0.3 is 23.7 Å². The topological polar surface area (TPSA) is 46.2 Å². The van der Waals surface area contributed by atoms with E-state index >= 15 is 0 Å². The molecule has 1 rings (SSSR count). The fraction of sp³-hybridized carbons (Fsp3) is 0.680. The molecule has 7 heteroatoms. The molecule has 0 fully saturated rings. The summed E-state index contributed by atoms with van der Waals surface area (Å²) in [5.74, 6) is 1.73. The van der Waals surface area contributed by atoms with Gasteiger partial charge in [0.15, 0.2) is 6.29 Å². The van der Waals surface area contributed by atoms with Crippen LogP contribution in [-0.2, 0) is 20.6 Å². The highest BCUT2D eigenvalue weighted by atomic mass is 35.5. The van der Waals surface area contributed by atoms with E-state index in [9.17, 15) is 0 Å². The minimum atomic E-state index is -0.316. The molecule has 5 nitrogen and oxygen atoms in total. The lowest BCUT2D eigenvalue weighted by atomic mass is 10.1. The summed E-state index contributed by atoms with van der Waals surface area (Å²) in [6, 6.07) is 3.99. The second kappa shape index (κ2) is 16.6. The maximum atomic E-state index is 6.10. The van der Waals surface area contributed by atoms with Crippen LogP contribution in [0.3, 0.4) is 0 Å². The van der Waals surface area contributed by atoms with Gasteiger partial charge in [-0.2, -0.15) is 0 Å². The van der Waals surface area contributed by atoms with Crippen LogP contribution >= 0.6 is 23.2 Å². The van der Waals surface area contributed by atoms with Crippen LogP contribution in [0.5, 0.6) is 11.5 Å². The number of unbranched alkanes of at least 4 members (excludes halogenated alkanes) is 2. The van der Waals surface area contributed by atoms with Crippen molar-refractivity contribution in [2.24, 2.45) is 0 Å². The van der Waals surface area contributed by atoms with E-state index in [1.807, 2.05) is 46.8 Å². The Labute approximate surface area is 204 Å². The van der Waals surface area contributed by atoms with Gasteiger partial charge in [0, 0.05) is 6.61 Å². The van der Waals surface area contributed by atoms with Gasteiger partial charge in [0.2, 0.25) is 0 Å². The van der Waals surface area contributed by atoms with Gasteiger partial charge in [0.1, 0.15) is 22.6 Å². The summed E-state index contributed by atoms with van der Waals surface area (Å²) in [7, 11) is 0. The van der Waals surface area contributed by atoms with Gasteiger partial charge in [0.05, 0.1) is 25.4 Å². The monoisotopic (exact) mass is 490 g/mol. The molecule has 0 amide bonds. The minimum Gasteiger partial charge on any atom is -0.493 e. The Kier molecular flexibility index (Phi) is 15.1. The van der Waals surface area contributed by atoms with Crippen molar-refractivity contribution in [1.82, 2.24) is 0 Å². The largest absolute Gasteiger partial charge is 0.493 e. The highest BCUT2D eigenvalue weighted by Crippen LogP contribution is 2.30. The Morgan fingerprint density at radius 3 is 2.19 bits per heavy atom. The standard InChI is InChI=1S/C25H40Cl2O5/c1-7-21-16-22(29-14-11-23(26)27)15-20(6)25(21)30-13-10-8-9-12-28-17-24(31-18(2)3)32-19(4)5/h11,15-16,18-19,24H,7-10,12-14,17H2,1-6H3. The highest BCUT2D eigenvalue weighted by molar-refractivity contribution is 6.55. The molecule has 1 aromatic carbocycles.